The number of hydrogen-bond acceptors (Lipinski definition) is 3. The van der Waals surface area contributed by atoms with Crippen molar-refractivity contribution in [3.63, 3.8) is 0 Å². The Morgan fingerprint density at radius 1 is 1.24 bits per heavy atom. The maximum Gasteiger partial charge on any atom is 0.0771 e. The van der Waals surface area contributed by atoms with Crippen LogP contribution in [-0.2, 0) is 4.84 Å². The molecule has 1 heterocycles. The van der Waals surface area contributed by atoms with E-state index < -0.39 is 0 Å². The van der Waals surface area contributed by atoms with E-state index in [9.17, 15) is 0 Å². The molecule has 0 radical (unpaired) electrons. The zero-order valence-electron chi connectivity index (χ0n) is 10.2. The summed E-state index contributed by atoms with van der Waals surface area (Å²) in [6, 6.07) is 0. The van der Waals surface area contributed by atoms with E-state index in [1.54, 1.807) is 5.17 Å². The average molecular weight is 301 g/mol. The predicted octanol–water partition coefficient (Wildman–Crippen LogP) is 3.86. The highest BCUT2D eigenvalue weighted by Gasteiger charge is 2.19. The Hall–Kier alpha value is -0.350. The summed E-state index contributed by atoms with van der Waals surface area (Å²) in [5.74, 6) is 1.08. The Morgan fingerprint density at radius 3 is 2.76 bits per heavy atom. The summed E-state index contributed by atoms with van der Waals surface area (Å²) >= 11 is 3.42. The standard InChI is InChI=1S/C13H21BrN2O/c14-13-8-9-16(15-11-13)17-10-4-2-1-3-5-12-6-7-12/h8-9,11-13H,1-7,10H2. The summed E-state index contributed by atoms with van der Waals surface area (Å²) in [4.78, 5) is 5.74. The zero-order chi connectivity index (χ0) is 11.9. The molecule has 0 N–H and O–H groups in total. The number of alkyl halides is 1. The number of allylic oxidation sites excluding steroid dienone is 1. The molecule has 0 bridgehead atoms. The highest BCUT2D eigenvalue weighted by Crippen LogP contribution is 2.34. The summed E-state index contributed by atoms with van der Waals surface area (Å²) in [6.45, 7) is 0.762. The van der Waals surface area contributed by atoms with E-state index >= 15 is 0 Å². The van der Waals surface area contributed by atoms with Crippen LogP contribution in [0.2, 0.25) is 0 Å². The summed E-state index contributed by atoms with van der Waals surface area (Å²) in [7, 11) is 0. The van der Waals surface area contributed by atoms with Crippen molar-refractivity contribution in [1.82, 2.24) is 5.17 Å². The first-order valence-electron chi connectivity index (χ1n) is 6.63. The number of unbranched alkanes of at least 4 members (excludes halogenated alkanes) is 3. The van der Waals surface area contributed by atoms with Crippen LogP contribution in [0.25, 0.3) is 0 Å². The summed E-state index contributed by atoms with van der Waals surface area (Å²) in [6.07, 6.45) is 15.2. The van der Waals surface area contributed by atoms with E-state index in [1.807, 2.05) is 18.5 Å². The molecule has 1 atom stereocenters. The van der Waals surface area contributed by atoms with Gasteiger partial charge in [0.05, 0.1) is 17.6 Å². The molecule has 2 rings (SSSR count). The summed E-state index contributed by atoms with van der Waals surface area (Å²) < 4.78 is 0. The Labute approximate surface area is 112 Å². The molecular weight excluding hydrogens is 280 g/mol. The van der Waals surface area contributed by atoms with E-state index in [1.165, 1.54) is 38.5 Å². The lowest BCUT2D eigenvalue weighted by Gasteiger charge is -2.17. The lowest BCUT2D eigenvalue weighted by molar-refractivity contribution is -0.121. The van der Waals surface area contributed by atoms with Gasteiger partial charge in [-0.15, -0.1) is 5.17 Å². The van der Waals surface area contributed by atoms with Crippen LogP contribution < -0.4 is 0 Å². The molecule has 2 aliphatic rings. The van der Waals surface area contributed by atoms with Crippen molar-refractivity contribution in [2.24, 2.45) is 11.0 Å². The van der Waals surface area contributed by atoms with Gasteiger partial charge < -0.3 is 0 Å². The molecule has 1 saturated carbocycles. The average Bonchev–Trinajstić information content (AvgIpc) is 3.14. The van der Waals surface area contributed by atoms with Crippen LogP contribution in [0.1, 0.15) is 44.9 Å². The van der Waals surface area contributed by atoms with Crippen molar-refractivity contribution >= 4 is 22.1 Å². The Balaban J connectivity index is 1.40. The molecule has 4 heteroatoms. The highest BCUT2D eigenvalue weighted by molar-refractivity contribution is 9.10. The number of hydrogen-bond donors (Lipinski definition) is 0. The van der Waals surface area contributed by atoms with Gasteiger partial charge in [0.25, 0.3) is 0 Å². The van der Waals surface area contributed by atoms with Gasteiger partial charge in [0, 0.05) is 6.21 Å². The molecule has 3 nitrogen and oxygen atoms in total. The maximum absolute atomic E-state index is 5.50. The minimum Gasteiger partial charge on any atom is -0.252 e. The molecule has 0 aromatic carbocycles. The topological polar surface area (TPSA) is 24.8 Å². The highest BCUT2D eigenvalue weighted by atomic mass is 79.9. The minimum atomic E-state index is 0.241. The van der Waals surface area contributed by atoms with E-state index in [4.69, 9.17) is 4.84 Å². The van der Waals surface area contributed by atoms with Crippen molar-refractivity contribution in [2.75, 3.05) is 6.61 Å². The van der Waals surface area contributed by atoms with Crippen molar-refractivity contribution in [3.8, 4) is 0 Å². The van der Waals surface area contributed by atoms with Gasteiger partial charge in [0.2, 0.25) is 0 Å². The van der Waals surface area contributed by atoms with Crippen LogP contribution in [0.5, 0.6) is 0 Å². The third-order valence-corrected chi connectivity index (χ3v) is 3.69. The number of halogens is 1. The van der Waals surface area contributed by atoms with Crippen molar-refractivity contribution in [3.05, 3.63) is 12.3 Å². The van der Waals surface area contributed by atoms with Gasteiger partial charge in [-0.25, -0.2) is 0 Å². The second-order valence-electron chi connectivity index (χ2n) is 4.83. The molecule has 0 amide bonds. The number of rotatable bonds is 8. The van der Waals surface area contributed by atoms with Crippen molar-refractivity contribution in [1.29, 1.82) is 0 Å². The molecule has 1 unspecified atom stereocenters. The summed E-state index contributed by atoms with van der Waals surface area (Å²) in [5, 5.41) is 5.67. The molecule has 1 aliphatic carbocycles. The Kier molecular flexibility index (Phi) is 5.52. The second kappa shape index (κ2) is 7.17. The second-order valence-corrected chi connectivity index (χ2v) is 5.89. The van der Waals surface area contributed by atoms with Gasteiger partial charge in [-0.3, -0.25) is 4.84 Å². The fourth-order valence-corrected chi connectivity index (χ4v) is 2.15. The fraction of sp³-hybridized carbons (Fsp3) is 0.769. The van der Waals surface area contributed by atoms with E-state index in [0.29, 0.717) is 0 Å². The van der Waals surface area contributed by atoms with Gasteiger partial charge in [-0.2, -0.15) is 5.10 Å². The molecule has 96 valence electrons. The molecule has 1 fully saturated rings. The minimum absolute atomic E-state index is 0.241. The monoisotopic (exact) mass is 300 g/mol. The lowest BCUT2D eigenvalue weighted by atomic mass is 10.1. The van der Waals surface area contributed by atoms with Gasteiger partial charge in [0.15, 0.2) is 0 Å². The van der Waals surface area contributed by atoms with E-state index in [2.05, 4.69) is 21.0 Å². The number of nitrogens with zero attached hydrogens (tertiary/aromatic N) is 2. The van der Waals surface area contributed by atoms with E-state index in [0.717, 1.165) is 18.9 Å². The lowest BCUT2D eigenvalue weighted by Crippen LogP contribution is -2.17. The molecule has 0 aromatic rings. The molecule has 1 aliphatic heterocycles. The molecule has 17 heavy (non-hydrogen) atoms. The van der Waals surface area contributed by atoms with Crippen LogP contribution in [0.4, 0.5) is 0 Å². The zero-order valence-corrected chi connectivity index (χ0v) is 11.8. The largest absolute Gasteiger partial charge is 0.252 e. The smallest absolute Gasteiger partial charge is 0.0771 e. The molecule has 0 saturated heterocycles. The first-order chi connectivity index (χ1) is 8.34. The quantitative estimate of drug-likeness (QED) is 0.502. The third kappa shape index (κ3) is 5.68. The Morgan fingerprint density at radius 2 is 2.06 bits per heavy atom. The van der Waals surface area contributed by atoms with Crippen molar-refractivity contribution in [2.45, 2.75) is 49.8 Å². The third-order valence-electron chi connectivity index (χ3n) is 3.15. The van der Waals surface area contributed by atoms with Gasteiger partial charge in [-0.1, -0.05) is 54.5 Å². The number of hydrazone groups is 1. The SMILES string of the molecule is BrC1C=CN(OCCCCCCC2CC2)N=C1. The van der Waals surface area contributed by atoms with Gasteiger partial charge in [0.1, 0.15) is 0 Å². The van der Waals surface area contributed by atoms with Crippen molar-refractivity contribution < 1.29 is 4.84 Å². The van der Waals surface area contributed by atoms with Crippen LogP contribution in [0, 0.1) is 5.92 Å². The first kappa shape index (κ1) is 13.1. The van der Waals surface area contributed by atoms with Crippen LogP contribution in [0.3, 0.4) is 0 Å². The maximum atomic E-state index is 5.50. The normalized spacial score (nSPS) is 23.4. The Bertz CT molecular complexity index is 263. The first-order valence-corrected chi connectivity index (χ1v) is 7.55. The van der Waals surface area contributed by atoms with Crippen LogP contribution in [-0.4, -0.2) is 22.8 Å². The molecular formula is C13H21BrN2O. The molecule has 0 spiro atoms. The van der Waals surface area contributed by atoms with Gasteiger partial charge >= 0.3 is 0 Å². The van der Waals surface area contributed by atoms with E-state index in [-0.39, 0.29) is 4.83 Å². The van der Waals surface area contributed by atoms with Gasteiger partial charge in [-0.05, 0) is 18.4 Å². The number of hydroxylamine groups is 1. The predicted molar refractivity (Wildman–Crippen MR) is 73.9 cm³/mol. The summed E-state index contributed by atoms with van der Waals surface area (Å²) in [5.41, 5.74) is 0. The van der Waals surface area contributed by atoms with Crippen LogP contribution in [0.15, 0.2) is 17.4 Å². The molecule has 0 aromatic heterocycles. The van der Waals surface area contributed by atoms with Crippen LogP contribution >= 0.6 is 15.9 Å². The fourth-order valence-electron chi connectivity index (χ4n) is 1.90.